The lowest BCUT2D eigenvalue weighted by Gasteiger charge is -2.18. The molecule has 29 heavy (non-hydrogen) atoms. The molecule has 7 nitrogen and oxygen atoms in total. The van der Waals surface area contributed by atoms with E-state index < -0.39 is 0 Å². The molecule has 0 saturated heterocycles. The molecular formula is C21H22FN5O2. The largest absolute Gasteiger partial charge is 0.481 e. The number of urea groups is 1. The number of halogens is 1. The summed E-state index contributed by atoms with van der Waals surface area (Å²) in [4.78, 5) is 16.8. The maximum absolute atomic E-state index is 13.5. The molecule has 2 amide bonds. The first kappa shape index (κ1) is 18.9. The van der Waals surface area contributed by atoms with Crippen molar-refractivity contribution in [2.45, 2.75) is 25.8 Å². The maximum Gasteiger partial charge on any atom is 0.320 e. The molecule has 1 aliphatic rings. The number of anilines is 1. The van der Waals surface area contributed by atoms with Crippen LogP contribution in [0.25, 0.3) is 5.69 Å². The lowest BCUT2D eigenvalue weighted by Crippen LogP contribution is -2.33. The van der Waals surface area contributed by atoms with E-state index in [4.69, 9.17) is 4.74 Å². The highest BCUT2D eigenvalue weighted by Crippen LogP contribution is 2.41. The molecule has 1 aliphatic carbocycles. The molecule has 1 aromatic carbocycles. The smallest absolute Gasteiger partial charge is 0.320 e. The molecule has 2 aromatic heterocycles. The summed E-state index contributed by atoms with van der Waals surface area (Å²) < 4.78 is 20.2. The summed E-state index contributed by atoms with van der Waals surface area (Å²) in [5.74, 6) is 0.977. The maximum atomic E-state index is 13.5. The molecular weight excluding hydrogens is 373 g/mol. The molecule has 2 heterocycles. The van der Waals surface area contributed by atoms with Gasteiger partial charge in [-0.3, -0.25) is 5.32 Å². The van der Waals surface area contributed by atoms with Gasteiger partial charge in [0.25, 0.3) is 0 Å². The predicted molar refractivity (Wildman–Crippen MR) is 107 cm³/mol. The Bertz CT molecular complexity index is 1010. The van der Waals surface area contributed by atoms with Crippen LogP contribution in [0.15, 0.2) is 48.7 Å². The van der Waals surface area contributed by atoms with Gasteiger partial charge in [-0.1, -0.05) is 12.1 Å². The molecule has 3 aromatic rings. The van der Waals surface area contributed by atoms with Gasteiger partial charge in [-0.15, -0.1) is 5.10 Å². The zero-order valence-corrected chi connectivity index (χ0v) is 16.2. The molecule has 1 atom stereocenters. The number of rotatable bonds is 6. The molecule has 0 radical (unpaired) electrons. The van der Waals surface area contributed by atoms with Crippen LogP contribution in [0.3, 0.4) is 0 Å². The molecule has 1 unspecified atom stereocenters. The van der Waals surface area contributed by atoms with Crippen molar-refractivity contribution in [3.05, 3.63) is 65.7 Å². The summed E-state index contributed by atoms with van der Waals surface area (Å²) in [6.45, 7) is 1.84. The van der Waals surface area contributed by atoms with Crippen molar-refractivity contribution >= 4 is 11.8 Å². The second-order valence-corrected chi connectivity index (χ2v) is 7.11. The quantitative estimate of drug-likeness (QED) is 0.661. The first-order valence-electron chi connectivity index (χ1n) is 9.43. The second kappa shape index (κ2) is 7.90. The Morgan fingerprint density at radius 3 is 2.76 bits per heavy atom. The fourth-order valence-corrected chi connectivity index (χ4v) is 3.30. The molecule has 1 saturated carbocycles. The Morgan fingerprint density at radius 2 is 2.10 bits per heavy atom. The van der Waals surface area contributed by atoms with Gasteiger partial charge in [-0.2, -0.15) is 0 Å². The van der Waals surface area contributed by atoms with E-state index in [-0.39, 0.29) is 17.9 Å². The third-order valence-electron chi connectivity index (χ3n) is 4.89. The van der Waals surface area contributed by atoms with Gasteiger partial charge in [-0.25, -0.2) is 18.9 Å². The number of pyridine rings is 1. The van der Waals surface area contributed by atoms with Crippen LogP contribution >= 0.6 is 0 Å². The number of nitrogens with zero attached hydrogens (tertiary/aromatic N) is 3. The molecule has 8 heteroatoms. The second-order valence-electron chi connectivity index (χ2n) is 7.11. The zero-order chi connectivity index (χ0) is 20.4. The number of carbonyl (C=O) groups excluding carboxylic acids is 1. The minimum absolute atomic E-state index is 0.125. The number of hydrogen-bond donors (Lipinski definition) is 2. The van der Waals surface area contributed by atoms with E-state index in [1.165, 1.54) is 12.1 Å². The van der Waals surface area contributed by atoms with Crippen molar-refractivity contribution in [1.29, 1.82) is 0 Å². The first-order valence-corrected chi connectivity index (χ1v) is 9.43. The Balaban J connectivity index is 1.46. The summed E-state index contributed by atoms with van der Waals surface area (Å²) in [5.41, 5.74) is 2.31. The molecule has 1 fully saturated rings. The van der Waals surface area contributed by atoms with Crippen LogP contribution in [0.5, 0.6) is 5.88 Å². The van der Waals surface area contributed by atoms with Crippen molar-refractivity contribution in [3.63, 3.8) is 0 Å². The number of carbonyl (C=O) groups is 1. The van der Waals surface area contributed by atoms with Crippen LogP contribution in [0.4, 0.5) is 15.0 Å². The molecule has 0 aliphatic heterocycles. The number of hydrogen-bond acceptors (Lipinski definition) is 4. The number of aromatic nitrogens is 3. The normalized spacial score (nSPS) is 14.3. The van der Waals surface area contributed by atoms with Crippen LogP contribution in [0, 0.1) is 18.7 Å². The first-order chi connectivity index (χ1) is 14.0. The third-order valence-corrected chi connectivity index (χ3v) is 4.89. The van der Waals surface area contributed by atoms with E-state index in [2.05, 4.69) is 20.7 Å². The van der Waals surface area contributed by atoms with Crippen molar-refractivity contribution in [2.24, 2.45) is 5.92 Å². The van der Waals surface area contributed by atoms with E-state index >= 15 is 0 Å². The Labute approximate surface area is 167 Å². The van der Waals surface area contributed by atoms with Crippen LogP contribution in [0.2, 0.25) is 0 Å². The van der Waals surface area contributed by atoms with E-state index in [1.54, 1.807) is 42.3 Å². The topological polar surface area (TPSA) is 81.1 Å². The van der Waals surface area contributed by atoms with Gasteiger partial charge in [0.1, 0.15) is 5.82 Å². The summed E-state index contributed by atoms with van der Waals surface area (Å²) >= 11 is 0. The Morgan fingerprint density at radius 1 is 1.28 bits per heavy atom. The number of methoxy groups -OCH3 is 1. The highest BCUT2D eigenvalue weighted by molar-refractivity contribution is 5.88. The van der Waals surface area contributed by atoms with Gasteiger partial charge in [0.15, 0.2) is 5.82 Å². The van der Waals surface area contributed by atoms with E-state index in [9.17, 15) is 9.18 Å². The fraction of sp³-hybridized carbons (Fsp3) is 0.286. The van der Waals surface area contributed by atoms with Gasteiger partial charge in [0.2, 0.25) is 5.88 Å². The highest BCUT2D eigenvalue weighted by Gasteiger charge is 2.33. The van der Waals surface area contributed by atoms with E-state index in [1.807, 2.05) is 13.0 Å². The Hall–Kier alpha value is -3.42. The molecule has 4 rings (SSSR count). The molecule has 0 spiro atoms. The van der Waals surface area contributed by atoms with Crippen LogP contribution in [-0.4, -0.2) is 27.9 Å². The number of nitrogens with one attached hydrogen (secondary N) is 2. The van der Waals surface area contributed by atoms with Crippen LogP contribution in [-0.2, 0) is 0 Å². The van der Waals surface area contributed by atoms with Crippen LogP contribution in [0.1, 0.15) is 30.1 Å². The van der Waals surface area contributed by atoms with E-state index in [0.29, 0.717) is 23.3 Å². The summed E-state index contributed by atoms with van der Waals surface area (Å²) in [6, 6.07) is 11.1. The van der Waals surface area contributed by atoms with Gasteiger partial charge in [-0.05, 0) is 49.4 Å². The summed E-state index contributed by atoms with van der Waals surface area (Å²) in [5, 5.41) is 10.2. The number of aryl methyl sites for hydroxylation is 1. The van der Waals surface area contributed by atoms with Crippen molar-refractivity contribution in [3.8, 4) is 11.6 Å². The standard InChI is InChI=1S/C21H22FN5O2/c1-13-10-18(26-27(13)17-5-3-4-16(22)11-17)24-21(28)25-20(14-6-7-14)15-8-9-19(29-2)23-12-15/h3-5,8-12,14,20H,6-7H2,1-2H3,(H2,24,25,26,28). The number of ether oxygens (including phenoxy) is 1. The molecule has 0 bridgehead atoms. The van der Waals surface area contributed by atoms with Crippen molar-refractivity contribution in [1.82, 2.24) is 20.1 Å². The van der Waals surface area contributed by atoms with Gasteiger partial charge in [0.05, 0.1) is 18.8 Å². The third kappa shape index (κ3) is 4.37. The summed E-state index contributed by atoms with van der Waals surface area (Å²) in [7, 11) is 1.57. The van der Waals surface area contributed by atoms with E-state index in [0.717, 1.165) is 24.1 Å². The predicted octanol–water partition coefficient (Wildman–Crippen LogP) is 4.00. The number of benzene rings is 1. The average Bonchev–Trinajstić information content (AvgIpc) is 3.49. The van der Waals surface area contributed by atoms with Crippen LogP contribution < -0.4 is 15.4 Å². The molecule has 2 N–H and O–H groups in total. The van der Waals surface area contributed by atoms with Crippen molar-refractivity contribution in [2.75, 3.05) is 12.4 Å². The molecule has 150 valence electrons. The SMILES string of the molecule is COc1ccc(C(NC(=O)Nc2cc(C)n(-c3cccc(F)c3)n2)C2CC2)cn1. The average molecular weight is 395 g/mol. The minimum Gasteiger partial charge on any atom is -0.481 e. The minimum atomic E-state index is -0.346. The lowest BCUT2D eigenvalue weighted by atomic mass is 10.0. The summed E-state index contributed by atoms with van der Waals surface area (Å²) in [6.07, 6.45) is 3.85. The lowest BCUT2D eigenvalue weighted by molar-refractivity contribution is 0.247. The fourth-order valence-electron chi connectivity index (χ4n) is 3.30. The van der Waals surface area contributed by atoms with Gasteiger partial charge in [0, 0.05) is 24.0 Å². The van der Waals surface area contributed by atoms with Crippen molar-refractivity contribution < 1.29 is 13.9 Å². The monoisotopic (exact) mass is 395 g/mol. The Kier molecular flexibility index (Phi) is 5.16. The van der Waals surface area contributed by atoms with Gasteiger partial charge < -0.3 is 10.1 Å². The zero-order valence-electron chi connectivity index (χ0n) is 16.2. The number of amides is 2. The highest BCUT2D eigenvalue weighted by atomic mass is 19.1. The van der Waals surface area contributed by atoms with Gasteiger partial charge >= 0.3 is 6.03 Å².